The molecule has 1 heterocycles. The zero-order valence-electron chi connectivity index (χ0n) is 9.53. The molecule has 1 aliphatic rings. The molecule has 86 valence electrons. The lowest BCUT2D eigenvalue weighted by atomic mass is 10.0. The second-order valence-corrected chi connectivity index (χ2v) is 4.08. The molecule has 0 aromatic rings. The quantitative estimate of drug-likeness (QED) is 0.711. The minimum Gasteiger partial charge on any atom is -0.384 e. The van der Waals surface area contributed by atoms with E-state index in [2.05, 4.69) is 11.4 Å². The van der Waals surface area contributed by atoms with Crippen LogP contribution in [-0.4, -0.2) is 39.0 Å². The second kappa shape index (κ2) is 6.78. The fourth-order valence-electron chi connectivity index (χ4n) is 1.80. The highest BCUT2D eigenvalue weighted by atomic mass is 16.5. The molecular weight excluding hydrogens is 192 g/mol. The van der Waals surface area contributed by atoms with Crippen LogP contribution in [0.2, 0.25) is 0 Å². The van der Waals surface area contributed by atoms with Crippen molar-refractivity contribution < 1.29 is 9.47 Å². The highest BCUT2D eigenvalue weighted by Crippen LogP contribution is 2.11. The summed E-state index contributed by atoms with van der Waals surface area (Å²) < 4.78 is 10.5. The van der Waals surface area contributed by atoms with E-state index in [-0.39, 0.29) is 18.1 Å². The number of methoxy groups -OCH3 is 1. The van der Waals surface area contributed by atoms with Crippen molar-refractivity contribution in [2.45, 2.75) is 31.9 Å². The zero-order chi connectivity index (χ0) is 11.1. The first kappa shape index (κ1) is 12.4. The topological polar surface area (TPSA) is 54.3 Å². The molecule has 0 aromatic carbocycles. The molecule has 0 amide bonds. The zero-order valence-corrected chi connectivity index (χ0v) is 9.53. The molecule has 1 aliphatic heterocycles. The number of rotatable bonds is 6. The Kier molecular flexibility index (Phi) is 5.62. The van der Waals surface area contributed by atoms with E-state index < -0.39 is 0 Å². The second-order valence-electron chi connectivity index (χ2n) is 4.08. The van der Waals surface area contributed by atoms with Gasteiger partial charge in [-0.3, -0.25) is 5.32 Å². The molecule has 0 spiro atoms. The van der Waals surface area contributed by atoms with Gasteiger partial charge < -0.3 is 9.47 Å². The largest absolute Gasteiger partial charge is 0.384 e. The van der Waals surface area contributed by atoms with E-state index in [4.69, 9.17) is 14.7 Å². The van der Waals surface area contributed by atoms with Gasteiger partial charge in [0.2, 0.25) is 0 Å². The van der Waals surface area contributed by atoms with Crippen molar-refractivity contribution >= 4 is 0 Å². The number of nitriles is 1. The Morgan fingerprint density at radius 2 is 2.47 bits per heavy atom. The predicted molar refractivity (Wildman–Crippen MR) is 57.4 cm³/mol. The molecule has 0 aliphatic carbocycles. The molecule has 3 atom stereocenters. The summed E-state index contributed by atoms with van der Waals surface area (Å²) in [7, 11) is 1.66. The Morgan fingerprint density at radius 1 is 1.67 bits per heavy atom. The van der Waals surface area contributed by atoms with Gasteiger partial charge in [-0.15, -0.1) is 0 Å². The van der Waals surface area contributed by atoms with Crippen LogP contribution < -0.4 is 5.32 Å². The maximum absolute atomic E-state index is 8.99. The van der Waals surface area contributed by atoms with Gasteiger partial charge in [-0.25, -0.2) is 0 Å². The van der Waals surface area contributed by atoms with Crippen molar-refractivity contribution in [2.24, 2.45) is 5.92 Å². The van der Waals surface area contributed by atoms with E-state index in [0.29, 0.717) is 6.61 Å². The number of nitrogens with zero attached hydrogens (tertiary/aromatic N) is 1. The summed E-state index contributed by atoms with van der Waals surface area (Å²) in [5.41, 5.74) is 0. The van der Waals surface area contributed by atoms with Crippen LogP contribution in [0.5, 0.6) is 0 Å². The van der Waals surface area contributed by atoms with Crippen molar-refractivity contribution in [1.82, 2.24) is 5.32 Å². The molecule has 1 fully saturated rings. The van der Waals surface area contributed by atoms with Crippen LogP contribution in [0.1, 0.15) is 19.8 Å². The summed E-state index contributed by atoms with van der Waals surface area (Å²) in [5, 5.41) is 12.2. The van der Waals surface area contributed by atoms with Gasteiger partial charge in [-0.1, -0.05) is 6.92 Å². The Bertz CT molecular complexity index is 209. The molecule has 1 saturated heterocycles. The summed E-state index contributed by atoms with van der Waals surface area (Å²) in [6, 6.07) is 2.12. The number of hydrogen-bond donors (Lipinski definition) is 1. The van der Waals surface area contributed by atoms with Crippen LogP contribution in [0.25, 0.3) is 0 Å². The molecule has 0 radical (unpaired) electrons. The highest BCUT2D eigenvalue weighted by molar-refractivity contribution is 4.94. The van der Waals surface area contributed by atoms with Gasteiger partial charge in [0, 0.05) is 26.2 Å². The third-order valence-electron chi connectivity index (χ3n) is 2.73. The first-order valence-corrected chi connectivity index (χ1v) is 5.51. The fourth-order valence-corrected chi connectivity index (χ4v) is 1.80. The van der Waals surface area contributed by atoms with Gasteiger partial charge in [-0.05, 0) is 12.8 Å². The monoisotopic (exact) mass is 212 g/mol. The van der Waals surface area contributed by atoms with Crippen LogP contribution in [0.3, 0.4) is 0 Å². The van der Waals surface area contributed by atoms with Crippen LogP contribution in [0.4, 0.5) is 0 Å². The lowest BCUT2D eigenvalue weighted by molar-refractivity contribution is 0.102. The fraction of sp³-hybridized carbons (Fsp3) is 0.909. The van der Waals surface area contributed by atoms with Crippen LogP contribution >= 0.6 is 0 Å². The highest BCUT2D eigenvalue weighted by Gasteiger charge is 2.20. The van der Waals surface area contributed by atoms with Gasteiger partial charge in [0.05, 0.1) is 18.8 Å². The van der Waals surface area contributed by atoms with Crippen molar-refractivity contribution in [3.63, 3.8) is 0 Å². The smallest absolute Gasteiger partial charge is 0.100 e. The first-order valence-electron chi connectivity index (χ1n) is 5.51. The van der Waals surface area contributed by atoms with Crippen LogP contribution in [0.15, 0.2) is 0 Å². The molecule has 4 nitrogen and oxygen atoms in total. The Labute approximate surface area is 91.6 Å². The lowest BCUT2D eigenvalue weighted by Gasteiger charge is -2.20. The standard InChI is InChI=1S/C11H20N2O2/c1-9(8-14-2)11(6-12)13-7-10-4-3-5-15-10/h9-11,13H,3-5,7-8H2,1-2H3. The van der Waals surface area contributed by atoms with Gasteiger partial charge in [0.25, 0.3) is 0 Å². The average molecular weight is 212 g/mol. The van der Waals surface area contributed by atoms with Gasteiger partial charge in [0.15, 0.2) is 0 Å². The predicted octanol–water partition coefficient (Wildman–Crippen LogP) is 0.930. The third-order valence-corrected chi connectivity index (χ3v) is 2.73. The number of ether oxygens (including phenoxy) is 2. The summed E-state index contributed by atoms with van der Waals surface area (Å²) >= 11 is 0. The molecule has 1 N–H and O–H groups in total. The first-order chi connectivity index (χ1) is 7.27. The number of nitrogens with one attached hydrogen (secondary N) is 1. The molecule has 1 rings (SSSR count). The number of hydrogen-bond acceptors (Lipinski definition) is 4. The van der Waals surface area contributed by atoms with E-state index in [1.165, 1.54) is 0 Å². The maximum Gasteiger partial charge on any atom is 0.100 e. The molecule has 0 aromatic heterocycles. The van der Waals surface area contributed by atoms with E-state index in [1.807, 2.05) is 6.92 Å². The van der Waals surface area contributed by atoms with Gasteiger partial charge in [0.1, 0.15) is 6.04 Å². The Morgan fingerprint density at radius 3 is 3.00 bits per heavy atom. The summed E-state index contributed by atoms with van der Waals surface area (Å²) in [4.78, 5) is 0. The van der Waals surface area contributed by atoms with Crippen molar-refractivity contribution in [2.75, 3.05) is 26.9 Å². The van der Waals surface area contributed by atoms with E-state index in [9.17, 15) is 0 Å². The van der Waals surface area contributed by atoms with Crippen molar-refractivity contribution in [3.8, 4) is 6.07 Å². The average Bonchev–Trinajstić information content (AvgIpc) is 2.72. The van der Waals surface area contributed by atoms with Gasteiger partial charge in [-0.2, -0.15) is 5.26 Å². The summed E-state index contributed by atoms with van der Waals surface area (Å²) in [6.45, 7) is 4.25. The van der Waals surface area contributed by atoms with Crippen LogP contribution in [-0.2, 0) is 9.47 Å². The maximum atomic E-state index is 8.99. The molecular formula is C11H20N2O2. The molecule has 0 bridgehead atoms. The molecule has 15 heavy (non-hydrogen) atoms. The Balaban J connectivity index is 2.23. The minimum atomic E-state index is -0.144. The van der Waals surface area contributed by atoms with E-state index in [0.717, 1.165) is 26.0 Å². The van der Waals surface area contributed by atoms with Crippen molar-refractivity contribution in [1.29, 1.82) is 5.26 Å². The molecule has 3 unspecified atom stereocenters. The normalized spacial score (nSPS) is 24.7. The summed E-state index contributed by atoms with van der Waals surface area (Å²) in [5.74, 6) is 0.210. The summed E-state index contributed by atoms with van der Waals surface area (Å²) in [6.07, 6.45) is 2.52. The SMILES string of the molecule is COCC(C)C(C#N)NCC1CCCO1. The lowest BCUT2D eigenvalue weighted by Crippen LogP contribution is -2.39. The Hall–Kier alpha value is -0.630. The van der Waals surface area contributed by atoms with E-state index >= 15 is 0 Å². The molecule has 4 heteroatoms. The minimum absolute atomic E-state index is 0.144. The van der Waals surface area contributed by atoms with Gasteiger partial charge >= 0.3 is 0 Å². The van der Waals surface area contributed by atoms with Crippen LogP contribution in [0, 0.1) is 17.2 Å². The van der Waals surface area contributed by atoms with Crippen molar-refractivity contribution in [3.05, 3.63) is 0 Å². The third kappa shape index (κ3) is 4.17. The molecule has 0 saturated carbocycles. The van der Waals surface area contributed by atoms with E-state index in [1.54, 1.807) is 7.11 Å².